The quantitative estimate of drug-likeness (QED) is 0.153. The highest BCUT2D eigenvalue weighted by molar-refractivity contribution is 5.87. The Morgan fingerprint density at radius 3 is 1.25 bits per heavy atom. The number of carbonyl (C=O) groups excluding carboxylic acids is 2. The van der Waals surface area contributed by atoms with Crippen molar-refractivity contribution in [1.82, 2.24) is 0 Å². The first kappa shape index (κ1) is 30.3. The zero-order valence-corrected chi connectivity index (χ0v) is 19.8. The normalized spacial score (nSPS) is 12.8. The van der Waals surface area contributed by atoms with Gasteiger partial charge in [-0.3, -0.25) is 0 Å². The second-order valence-corrected chi connectivity index (χ2v) is 8.04. The number of unbranched alkanes of at least 4 members (excludes halogenated alkanes) is 7. The fraction of sp³-hybridized carbons (Fsp3) is 0.750. The van der Waals surface area contributed by atoms with E-state index in [9.17, 15) is 19.8 Å². The average Bonchev–Trinajstić information content (AvgIpc) is 2.75. The standard InChI is InChI=1S/C24H42O8/c1-19(2)23(27)31-17-21(25)15-29-13-11-9-7-5-6-8-10-12-14-30-16-22(26)18-32-24(28)20(3)4/h21-22,25-26H,1,3,5-18H2,2,4H3. The largest absolute Gasteiger partial charge is 0.460 e. The summed E-state index contributed by atoms with van der Waals surface area (Å²) in [5, 5.41) is 19.3. The molecule has 32 heavy (non-hydrogen) atoms. The van der Waals surface area contributed by atoms with E-state index in [1.54, 1.807) is 13.8 Å². The van der Waals surface area contributed by atoms with Crippen LogP contribution in [0, 0.1) is 0 Å². The Kier molecular flexibility index (Phi) is 18.8. The molecule has 2 atom stereocenters. The number of aliphatic hydroxyl groups excluding tert-OH is 2. The first-order chi connectivity index (χ1) is 15.2. The Morgan fingerprint density at radius 1 is 0.625 bits per heavy atom. The van der Waals surface area contributed by atoms with Gasteiger partial charge in [-0.15, -0.1) is 0 Å². The third-order valence-electron chi connectivity index (χ3n) is 4.46. The second-order valence-electron chi connectivity index (χ2n) is 8.04. The molecule has 2 unspecified atom stereocenters. The summed E-state index contributed by atoms with van der Waals surface area (Å²) in [5.41, 5.74) is 0.615. The predicted molar refractivity (Wildman–Crippen MR) is 122 cm³/mol. The molecule has 0 bridgehead atoms. The van der Waals surface area contributed by atoms with Gasteiger partial charge in [0, 0.05) is 24.4 Å². The monoisotopic (exact) mass is 458 g/mol. The summed E-state index contributed by atoms with van der Waals surface area (Å²) in [5.74, 6) is -1.01. The third kappa shape index (κ3) is 19.0. The lowest BCUT2D eigenvalue weighted by Gasteiger charge is -2.12. The molecule has 0 saturated heterocycles. The summed E-state index contributed by atoms with van der Waals surface area (Å²) >= 11 is 0. The molecule has 0 radical (unpaired) electrons. The van der Waals surface area contributed by atoms with Gasteiger partial charge >= 0.3 is 11.9 Å². The maximum absolute atomic E-state index is 11.2. The van der Waals surface area contributed by atoms with Crippen LogP contribution in [0.25, 0.3) is 0 Å². The van der Waals surface area contributed by atoms with Gasteiger partial charge in [0.05, 0.1) is 13.2 Å². The lowest BCUT2D eigenvalue weighted by Crippen LogP contribution is -2.24. The molecule has 0 heterocycles. The summed E-state index contributed by atoms with van der Waals surface area (Å²) in [6.07, 6.45) is 7.05. The molecule has 0 aromatic heterocycles. The van der Waals surface area contributed by atoms with Crippen LogP contribution in [0.15, 0.2) is 24.3 Å². The molecule has 0 rings (SSSR count). The van der Waals surface area contributed by atoms with Crippen LogP contribution in [0.1, 0.15) is 65.2 Å². The molecule has 8 heteroatoms. The van der Waals surface area contributed by atoms with Gasteiger partial charge in [0.2, 0.25) is 0 Å². The van der Waals surface area contributed by atoms with Gasteiger partial charge in [0.15, 0.2) is 0 Å². The molecular formula is C24H42O8. The topological polar surface area (TPSA) is 112 Å². The van der Waals surface area contributed by atoms with E-state index >= 15 is 0 Å². The lowest BCUT2D eigenvalue weighted by atomic mass is 10.1. The number of aliphatic hydroxyl groups is 2. The van der Waals surface area contributed by atoms with Gasteiger partial charge in [0.25, 0.3) is 0 Å². The molecule has 0 aliphatic heterocycles. The van der Waals surface area contributed by atoms with Crippen LogP contribution in [0.4, 0.5) is 0 Å². The van der Waals surface area contributed by atoms with E-state index in [0.29, 0.717) is 24.4 Å². The van der Waals surface area contributed by atoms with Crippen molar-refractivity contribution in [3.05, 3.63) is 24.3 Å². The Bertz CT molecular complexity index is 498. The summed E-state index contributed by atoms with van der Waals surface area (Å²) in [6, 6.07) is 0. The number of carbonyl (C=O) groups is 2. The molecule has 0 aliphatic carbocycles. The Morgan fingerprint density at radius 2 is 0.938 bits per heavy atom. The maximum atomic E-state index is 11.2. The van der Waals surface area contributed by atoms with E-state index in [2.05, 4.69) is 13.2 Å². The van der Waals surface area contributed by atoms with Crippen molar-refractivity contribution in [2.75, 3.05) is 39.6 Å². The van der Waals surface area contributed by atoms with Crippen molar-refractivity contribution in [2.24, 2.45) is 0 Å². The van der Waals surface area contributed by atoms with Crippen molar-refractivity contribution >= 4 is 11.9 Å². The summed E-state index contributed by atoms with van der Waals surface area (Å²) in [4.78, 5) is 22.4. The van der Waals surface area contributed by atoms with Crippen molar-refractivity contribution in [1.29, 1.82) is 0 Å². The number of hydrogen-bond donors (Lipinski definition) is 2. The zero-order valence-electron chi connectivity index (χ0n) is 19.8. The van der Waals surface area contributed by atoms with Crippen molar-refractivity contribution in [3.63, 3.8) is 0 Å². The fourth-order valence-corrected chi connectivity index (χ4v) is 2.59. The summed E-state index contributed by atoms with van der Waals surface area (Å²) < 4.78 is 20.5. The third-order valence-corrected chi connectivity index (χ3v) is 4.46. The van der Waals surface area contributed by atoms with Gasteiger partial charge < -0.3 is 29.2 Å². The van der Waals surface area contributed by atoms with Crippen LogP contribution in [-0.2, 0) is 28.5 Å². The Labute approximate surface area is 192 Å². The molecule has 0 amide bonds. The lowest BCUT2D eigenvalue weighted by molar-refractivity contribution is -0.143. The van der Waals surface area contributed by atoms with E-state index < -0.39 is 24.1 Å². The molecule has 8 nitrogen and oxygen atoms in total. The molecule has 0 aromatic rings. The van der Waals surface area contributed by atoms with Crippen LogP contribution < -0.4 is 0 Å². The molecule has 186 valence electrons. The van der Waals surface area contributed by atoms with Crippen molar-refractivity contribution in [2.45, 2.75) is 77.4 Å². The van der Waals surface area contributed by atoms with Gasteiger partial charge in [-0.2, -0.15) is 0 Å². The number of esters is 2. The summed E-state index contributed by atoms with van der Waals surface area (Å²) in [7, 11) is 0. The highest BCUT2D eigenvalue weighted by Crippen LogP contribution is 2.09. The minimum atomic E-state index is -0.815. The smallest absolute Gasteiger partial charge is 0.333 e. The molecular weight excluding hydrogens is 416 g/mol. The molecule has 0 aliphatic rings. The molecule has 2 N–H and O–H groups in total. The first-order valence-electron chi connectivity index (χ1n) is 11.4. The SMILES string of the molecule is C=C(C)C(=O)OCC(O)COCCCCCCCCCCOCC(O)COC(=O)C(=C)C. The van der Waals surface area contributed by atoms with E-state index in [1.807, 2.05) is 0 Å². The van der Waals surface area contributed by atoms with E-state index in [0.717, 1.165) is 38.5 Å². The highest BCUT2D eigenvalue weighted by Gasteiger charge is 2.10. The molecule has 0 fully saturated rings. The highest BCUT2D eigenvalue weighted by atomic mass is 16.6. The van der Waals surface area contributed by atoms with E-state index in [1.165, 1.54) is 12.8 Å². The first-order valence-corrected chi connectivity index (χ1v) is 11.4. The number of ether oxygens (including phenoxy) is 4. The van der Waals surface area contributed by atoms with Crippen molar-refractivity contribution < 1.29 is 38.7 Å². The van der Waals surface area contributed by atoms with Gasteiger partial charge in [-0.25, -0.2) is 9.59 Å². The maximum Gasteiger partial charge on any atom is 0.333 e. The van der Waals surface area contributed by atoms with Gasteiger partial charge in [0.1, 0.15) is 25.4 Å². The predicted octanol–water partition coefficient (Wildman–Crippen LogP) is 3.10. The minimum absolute atomic E-state index is 0.0812. The Hall–Kier alpha value is -1.74. The van der Waals surface area contributed by atoms with Crippen LogP contribution >= 0.6 is 0 Å². The van der Waals surface area contributed by atoms with Crippen LogP contribution in [0.2, 0.25) is 0 Å². The van der Waals surface area contributed by atoms with E-state index in [4.69, 9.17) is 18.9 Å². The average molecular weight is 459 g/mol. The number of rotatable bonds is 21. The zero-order chi connectivity index (χ0) is 24.2. The van der Waals surface area contributed by atoms with Gasteiger partial charge in [-0.05, 0) is 26.7 Å². The van der Waals surface area contributed by atoms with Crippen LogP contribution in [0.5, 0.6) is 0 Å². The summed E-state index contributed by atoms with van der Waals surface area (Å²) in [6.45, 7) is 11.4. The van der Waals surface area contributed by atoms with Crippen LogP contribution in [-0.4, -0.2) is 74.0 Å². The fourth-order valence-electron chi connectivity index (χ4n) is 2.59. The van der Waals surface area contributed by atoms with Crippen LogP contribution in [0.3, 0.4) is 0 Å². The second kappa shape index (κ2) is 19.9. The number of hydrogen-bond acceptors (Lipinski definition) is 8. The van der Waals surface area contributed by atoms with Gasteiger partial charge in [-0.1, -0.05) is 51.7 Å². The minimum Gasteiger partial charge on any atom is -0.460 e. The molecule has 0 saturated carbocycles. The molecule has 0 spiro atoms. The van der Waals surface area contributed by atoms with Crippen molar-refractivity contribution in [3.8, 4) is 0 Å². The van der Waals surface area contributed by atoms with E-state index in [-0.39, 0.29) is 26.4 Å². The Balaban J connectivity index is 3.33. The molecule has 0 aromatic carbocycles.